The van der Waals surface area contributed by atoms with Crippen LogP contribution in [0.5, 0.6) is 0 Å². The van der Waals surface area contributed by atoms with E-state index < -0.39 is 10.0 Å². The second-order valence-electron chi connectivity index (χ2n) is 4.11. The molecule has 0 spiro atoms. The van der Waals surface area contributed by atoms with Gasteiger partial charge in [-0.3, -0.25) is 0 Å². The average molecular weight is 291 g/mol. The number of nitrogens with zero attached hydrogens (tertiary/aromatic N) is 2. The van der Waals surface area contributed by atoms with Gasteiger partial charge in [-0.05, 0) is 12.1 Å². The zero-order chi connectivity index (χ0) is 14.6. The Balaban J connectivity index is 2.06. The summed E-state index contributed by atoms with van der Waals surface area (Å²) in [4.78, 5) is 4.07. The van der Waals surface area contributed by atoms with E-state index in [2.05, 4.69) is 9.71 Å². The van der Waals surface area contributed by atoms with Crippen molar-refractivity contribution in [1.29, 1.82) is 5.26 Å². The van der Waals surface area contributed by atoms with E-state index in [9.17, 15) is 8.42 Å². The van der Waals surface area contributed by atoms with Gasteiger partial charge in [-0.25, -0.2) is 18.1 Å². The van der Waals surface area contributed by atoms with Gasteiger partial charge in [-0.1, -0.05) is 12.1 Å². The number of benzene rings is 1. The Morgan fingerprint density at radius 2 is 2.15 bits per heavy atom. The van der Waals surface area contributed by atoms with E-state index in [-0.39, 0.29) is 17.0 Å². The fourth-order valence-corrected chi connectivity index (χ4v) is 2.89. The van der Waals surface area contributed by atoms with Gasteiger partial charge in [-0.2, -0.15) is 5.26 Å². The summed E-state index contributed by atoms with van der Waals surface area (Å²) >= 11 is 0. The standard InChI is InChI=1S/C13H13N3O3S/c1-10-16-12(9-19-10)6-7-15-20(17,18)13-5-3-2-4-11(13)8-14/h2-5,9,15H,6-7H2,1H3. The van der Waals surface area contributed by atoms with Crippen LogP contribution in [0, 0.1) is 18.3 Å². The molecule has 0 aliphatic rings. The van der Waals surface area contributed by atoms with Crippen LogP contribution >= 0.6 is 0 Å². The molecule has 0 bridgehead atoms. The minimum Gasteiger partial charge on any atom is -0.449 e. The fourth-order valence-electron chi connectivity index (χ4n) is 1.71. The van der Waals surface area contributed by atoms with Crippen LogP contribution in [0.1, 0.15) is 17.1 Å². The van der Waals surface area contributed by atoms with Gasteiger partial charge >= 0.3 is 0 Å². The third-order valence-electron chi connectivity index (χ3n) is 2.64. The summed E-state index contributed by atoms with van der Waals surface area (Å²) in [5.74, 6) is 0.540. The molecule has 2 rings (SSSR count). The number of aryl methyl sites for hydroxylation is 1. The van der Waals surface area contributed by atoms with Gasteiger partial charge in [0.2, 0.25) is 10.0 Å². The van der Waals surface area contributed by atoms with Crippen molar-refractivity contribution in [1.82, 2.24) is 9.71 Å². The Bertz CT molecular complexity index is 744. The van der Waals surface area contributed by atoms with E-state index in [1.54, 1.807) is 19.1 Å². The smallest absolute Gasteiger partial charge is 0.241 e. The third-order valence-corrected chi connectivity index (χ3v) is 4.16. The lowest BCUT2D eigenvalue weighted by Crippen LogP contribution is -2.26. The van der Waals surface area contributed by atoms with Gasteiger partial charge in [0, 0.05) is 19.9 Å². The van der Waals surface area contributed by atoms with Crippen LogP contribution in [0.25, 0.3) is 0 Å². The zero-order valence-corrected chi connectivity index (χ0v) is 11.6. The van der Waals surface area contributed by atoms with Crippen LogP contribution in [0.15, 0.2) is 39.8 Å². The van der Waals surface area contributed by atoms with Crippen LogP contribution in [-0.4, -0.2) is 19.9 Å². The second-order valence-corrected chi connectivity index (χ2v) is 5.85. The van der Waals surface area contributed by atoms with Gasteiger partial charge in [0.05, 0.1) is 16.2 Å². The number of sulfonamides is 1. The summed E-state index contributed by atoms with van der Waals surface area (Å²) in [5.41, 5.74) is 0.802. The van der Waals surface area contributed by atoms with Crippen LogP contribution in [0.2, 0.25) is 0 Å². The molecule has 7 heteroatoms. The summed E-state index contributed by atoms with van der Waals surface area (Å²) in [6.07, 6.45) is 1.91. The van der Waals surface area contributed by atoms with Crippen molar-refractivity contribution >= 4 is 10.0 Å². The Labute approximate surface area is 117 Å². The molecular formula is C13H13N3O3S. The molecule has 0 saturated carbocycles. The molecule has 0 atom stereocenters. The molecule has 0 aliphatic heterocycles. The van der Waals surface area contributed by atoms with E-state index in [1.165, 1.54) is 18.4 Å². The molecule has 1 aromatic carbocycles. The molecular weight excluding hydrogens is 278 g/mol. The maximum absolute atomic E-state index is 12.1. The van der Waals surface area contributed by atoms with E-state index in [0.29, 0.717) is 18.0 Å². The van der Waals surface area contributed by atoms with E-state index >= 15 is 0 Å². The lowest BCUT2D eigenvalue weighted by molar-refractivity contribution is 0.520. The van der Waals surface area contributed by atoms with E-state index in [1.807, 2.05) is 6.07 Å². The van der Waals surface area contributed by atoms with E-state index in [0.717, 1.165) is 0 Å². The number of hydrogen-bond acceptors (Lipinski definition) is 5. The van der Waals surface area contributed by atoms with Crippen molar-refractivity contribution < 1.29 is 12.8 Å². The first-order valence-corrected chi connectivity index (χ1v) is 7.41. The fraction of sp³-hybridized carbons (Fsp3) is 0.231. The minimum atomic E-state index is -3.70. The maximum atomic E-state index is 12.1. The highest BCUT2D eigenvalue weighted by molar-refractivity contribution is 7.89. The Hall–Kier alpha value is -2.17. The zero-order valence-electron chi connectivity index (χ0n) is 10.8. The molecule has 0 amide bonds. The molecule has 0 radical (unpaired) electrons. The Kier molecular flexibility index (Phi) is 4.17. The number of nitrogens with one attached hydrogen (secondary N) is 1. The van der Waals surface area contributed by atoms with Crippen molar-refractivity contribution in [3.63, 3.8) is 0 Å². The topological polar surface area (TPSA) is 96.0 Å². The highest BCUT2D eigenvalue weighted by Crippen LogP contribution is 2.14. The predicted octanol–water partition coefficient (Wildman–Crippen LogP) is 1.38. The van der Waals surface area contributed by atoms with Gasteiger partial charge in [0.1, 0.15) is 12.3 Å². The van der Waals surface area contributed by atoms with Crippen molar-refractivity contribution in [3.05, 3.63) is 47.7 Å². The van der Waals surface area contributed by atoms with Gasteiger partial charge in [0.25, 0.3) is 0 Å². The molecule has 1 heterocycles. The van der Waals surface area contributed by atoms with Crippen LogP contribution in [0.4, 0.5) is 0 Å². The quantitative estimate of drug-likeness (QED) is 0.897. The minimum absolute atomic E-state index is 0.0150. The predicted molar refractivity (Wildman–Crippen MR) is 71.3 cm³/mol. The molecule has 0 aliphatic carbocycles. The summed E-state index contributed by atoms with van der Waals surface area (Å²) in [5, 5.41) is 8.92. The highest BCUT2D eigenvalue weighted by Gasteiger charge is 2.17. The summed E-state index contributed by atoms with van der Waals surface area (Å²) in [6.45, 7) is 1.91. The van der Waals surface area contributed by atoms with Crippen LogP contribution in [-0.2, 0) is 16.4 Å². The molecule has 0 unspecified atom stereocenters. The Morgan fingerprint density at radius 1 is 1.40 bits per heavy atom. The summed E-state index contributed by atoms with van der Waals surface area (Å²) in [6, 6.07) is 7.94. The number of oxazole rings is 1. The molecule has 0 saturated heterocycles. The summed E-state index contributed by atoms with van der Waals surface area (Å²) in [7, 11) is -3.70. The highest BCUT2D eigenvalue weighted by atomic mass is 32.2. The molecule has 104 valence electrons. The molecule has 1 N–H and O–H groups in total. The first-order valence-electron chi connectivity index (χ1n) is 5.93. The van der Waals surface area contributed by atoms with Crippen molar-refractivity contribution in [2.45, 2.75) is 18.2 Å². The first kappa shape index (κ1) is 14.2. The lowest BCUT2D eigenvalue weighted by Gasteiger charge is -2.07. The first-order chi connectivity index (χ1) is 9.53. The number of rotatable bonds is 5. The molecule has 20 heavy (non-hydrogen) atoms. The number of hydrogen-bond donors (Lipinski definition) is 1. The lowest BCUT2D eigenvalue weighted by atomic mass is 10.2. The number of nitriles is 1. The van der Waals surface area contributed by atoms with Crippen molar-refractivity contribution in [2.24, 2.45) is 0 Å². The second kappa shape index (κ2) is 5.86. The molecule has 6 nitrogen and oxygen atoms in total. The maximum Gasteiger partial charge on any atom is 0.241 e. The molecule has 2 aromatic rings. The largest absolute Gasteiger partial charge is 0.449 e. The average Bonchev–Trinajstić information content (AvgIpc) is 2.84. The van der Waals surface area contributed by atoms with Gasteiger partial charge in [0.15, 0.2) is 5.89 Å². The van der Waals surface area contributed by atoms with E-state index in [4.69, 9.17) is 9.68 Å². The third kappa shape index (κ3) is 3.23. The molecule has 1 aromatic heterocycles. The van der Waals surface area contributed by atoms with Gasteiger partial charge < -0.3 is 4.42 Å². The Morgan fingerprint density at radius 3 is 2.80 bits per heavy atom. The molecule has 0 fully saturated rings. The SMILES string of the molecule is Cc1nc(CCNS(=O)(=O)c2ccccc2C#N)co1. The van der Waals surface area contributed by atoms with Crippen molar-refractivity contribution in [2.75, 3.05) is 6.54 Å². The van der Waals surface area contributed by atoms with Crippen LogP contribution < -0.4 is 4.72 Å². The van der Waals surface area contributed by atoms with Gasteiger partial charge in [-0.15, -0.1) is 0 Å². The number of aromatic nitrogens is 1. The normalized spacial score (nSPS) is 11.2. The summed E-state index contributed by atoms with van der Waals surface area (Å²) < 4.78 is 31.7. The monoisotopic (exact) mass is 291 g/mol. The van der Waals surface area contributed by atoms with Crippen LogP contribution in [0.3, 0.4) is 0 Å². The van der Waals surface area contributed by atoms with Crippen molar-refractivity contribution in [3.8, 4) is 6.07 Å².